The summed E-state index contributed by atoms with van der Waals surface area (Å²) in [7, 11) is 3.76. The molecule has 20 heavy (non-hydrogen) atoms. The lowest BCUT2D eigenvalue weighted by Crippen LogP contribution is -1.99. The lowest BCUT2D eigenvalue weighted by Gasteiger charge is -2.04. The monoisotopic (exact) mass is 266 g/mol. The highest BCUT2D eigenvalue weighted by molar-refractivity contribution is 5.76. The third-order valence-electron chi connectivity index (χ3n) is 3.65. The first kappa shape index (κ1) is 12.7. The summed E-state index contributed by atoms with van der Waals surface area (Å²) in [6.07, 6.45) is 0.828. The van der Waals surface area contributed by atoms with Crippen LogP contribution in [0.1, 0.15) is 17.0 Å². The van der Waals surface area contributed by atoms with Crippen LogP contribution in [0.3, 0.4) is 0 Å². The molecule has 0 aliphatic heterocycles. The van der Waals surface area contributed by atoms with Gasteiger partial charge in [-0.3, -0.25) is 0 Å². The number of imidazole rings is 1. The van der Waals surface area contributed by atoms with E-state index in [1.807, 2.05) is 12.1 Å². The van der Waals surface area contributed by atoms with Crippen molar-refractivity contribution >= 4 is 11.0 Å². The molecule has 1 aromatic heterocycles. The van der Waals surface area contributed by atoms with Crippen molar-refractivity contribution in [2.45, 2.75) is 13.3 Å². The molecule has 0 aliphatic rings. The predicted octanol–water partition coefficient (Wildman–Crippen LogP) is 3.48. The van der Waals surface area contributed by atoms with Gasteiger partial charge in [-0.1, -0.05) is 18.2 Å². The van der Waals surface area contributed by atoms with E-state index in [1.54, 1.807) is 7.11 Å². The molecule has 0 fully saturated rings. The first-order chi connectivity index (χ1) is 9.67. The van der Waals surface area contributed by atoms with Crippen molar-refractivity contribution < 1.29 is 4.74 Å². The molecule has 0 amide bonds. The number of fused-ring (bicyclic) bond motifs is 1. The molecule has 0 saturated heterocycles. The van der Waals surface area contributed by atoms with Gasteiger partial charge in [0, 0.05) is 13.5 Å². The van der Waals surface area contributed by atoms with Crippen molar-refractivity contribution in [3.63, 3.8) is 0 Å². The highest BCUT2D eigenvalue weighted by atomic mass is 16.5. The second-order valence-corrected chi connectivity index (χ2v) is 5.10. The number of benzene rings is 2. The Morgan fingerprint density at radius 3 is 2.55 bits per heavy atom. The van der Waals surface area contributed by atoms with Crippen LogP contribution >= 0.6 is 0 Å². The number of methoxy groups -OCH3 is 1. The second kappa shape index (κ2) is 5.00. The highest BCUT2D eigenvalue weighted by Gasteiger charge is 2.08. The van der Waals surface area contributed by atoms with Crippen LogP contribution in [0.25, 0.3) is 11.0 Å². The van der Waals surface area contributed by atoms with Crippen molar-refractivity contribution in [1.29, 1.82) is 0 Å². The van der Waals surface area contributed by atoms with Crippen LogP contribution in [0, 0.1) is 6.92 Å². The van der Waals surface area contributed by atoms with E-state index in [2.05, 4.69) is 48.9 Å². The Balaban J connectivity index is 1.95. The second-order valence-electron chi connectivity index (χ2n) is 5.10. The molecule has 102 valence electrons. The zero-order valence-electron chi connectivity index (χ0n) is 12.1. The normalized spacial score (nSPS) is 10.9. The Labute approximate surface area is 118 Å². The van der Waals surface area contributed by atoms with Crippen LogP contribution in [0.2, 0.25) is 0 Å². The van der Waals surface area contributed by atoms with E-state index in [4.69, 9.17) is 9.72 Å². The number of ether oxygens (including phenoxy) is 1. The molecule has 0 aliphatic carbocycles. The quantitative estimate of drug-likeness (QED) is 0.725. The van der Waals surface area contributed by atoms with Crippen molar-refractivity contribution in [3.05, 3.63) is 59.4 Å². The fraction of sp³-hybridized carbons (Fsp3) is 0.235. The summed E-state index contributed by atoms with van der Waals surface area (Å²) >= 11 is 0. The van der Waals surface area contributed by atoms with Crippen LogP contribution in [-0.4, -0.2) is 16.7 Å². The largest absolute Gasteiger partial charge is 0.497 e. The van der Waals surface area contributed by atoms with E-state index < -0.39 is 0 Å². The minimum Gasteiger partial charge on any atom is -0.497 e. The summed E-state index contributed by atoms with van der Waals surface area (Å²) in [6.45, 7) is 2.11. The Kier molecular flexibility index (Phi) is 3.18. The van der Waals surface area contributed by atoms with Crippen LogP contribution in [-0.2, 0) is 13.5 Å². The van der Waals surface area contributed by atoms with Gasteiger partial charge in [0.1, 0.15) is 11.6 Å². The molecule has 0 N–H and O–H groups in total. The van der Waals surface area contributed by atoms with Crippen LogP contribution in [0.4, 0.5) is 0 Å². The molecule has 3 aromatic rings. The van der Waals surface area contributed by atoms with Gasteiger partial charge in [0.2, 0.25) is 0 Å². The minimum absolute atomic E-state index is 0.828. The number of nitrogens with zero attached hydrogens (tertiary/aromatic N) is 2. The molecule has 0 atom stereocenters. The van der Waals surface area contributed by atoms with Crippen molar-refractivity contribution in [1.82, 2.24) is 9.55 Å². The summed E-state index contributed by atoms with van der Waals surface area (Å²) in [5.74, 6) is 1.96. The van der Waals surface area contributed by atoms with Crippen LogP contribution in [0.15, 0.2) is 42.5 Å². The molecule has 0 bridgehead atoms. The molecule has 3 nitrogen and oxygen atoms in total. The van der Waals surface area contributed by atoms with Crippen molar-refractivity contribution in [2.24, 2.45) is 7.05 Å². The molecule has 0 radical (unpaired) electrons. The summed E-state index contributed by atoms with van der Waals surface area (Å²) < 4.78 is 7.36. The summed E-state index contributed by atoms with van der Waals surface area (Å²) in [4.78, 5) is 4.72. The van der Waals surface area contributed by atoms with Crippen LogP contribution in [0.5, 0.6) is 5.75 Å². The zero-order valence-corrected chi connectivity index (χ0v) is 12.1. The van der Waals surface area contributed by atoms with E-state index in [1.165, 1.54) is 16.6 Å². The smallest absolute Gasteiger partial charge is 0.118 e. The zero-order chi connectivity index (χ0) is 14.1. The fourth-order valence-electron chi connectivity index (χ4n) is 2.43. The Morgan fingerprint density at radius 2 is 1.85 bits per heavy atom. The first-order valence-electron chi connectivity index (χ1n) is 6.72. The Hall–Kier alpha value is -2.29. The molecule has 3 heteroatoms. The molecule has 3 rings (SSSR count). The number of aromatic nitrogens is 2. The Bertz CT molecular complexity index is 742. The van der Waals surface area contributed by atoms with E-state index in [0.717, 1.165) is 23.5 Å². The number of aryl methyl sites for hydroxylation is 2. The van der Waals surface area contributed by atoms with Gasteiger partial charge in [-0.05, 0) is 42.3 Å². The molecule has 2 aromatic carbocycles. The minimum atomic E-state index is 0.828. The maximum atomic E-state index is 5.18. The molecule has 0 unspecified atom stereocenters. The summed E-state index contributed by atoms with van der Waals surface area (Å²) in [5, 5.41) is 0. The molecule has 1 heterocycles. The highest BCUT2D eigenvalue weighted by Crippen LogP contribution is 2.19. The average molecular weight is 266 g/mol. The van der Waals surface area contributed by atoms with Gasteiger partial charge in [0.05, 0.1) is 18.1 Å². The molecule has 0 saturated carbocycles. The lowest BCUT2D eigenvalue weighted by molar-refractivity contribution is 0.414. The number of hydrogen-bond acceptors (Lipinski definition) is 2. The number of hydrogen-bond donors (Lipinski definition) is 0. The standard InChI is InChI=1S/C17H18N2O/c1-12-4-9-15-16(10-12)19(2)17(18-15)11-13-5-7-14(20-3)8-6-13/h4-10H,11H2,1-3H3. The third-order valence-corrected chi connectivity index (χ3v) is 3.65. The summed E-state index contributed by atoms with van der Waals surface area (Å²) in [6, 6.07) is 14.5. The maximum Gasteiger partial charge on any atom is 0.118 e. The van der Waals surface area contributed by atoms with E-state index in [9.17, 15) is 0 Å². The van der Waals surface area contributed by atoms with Gasteiger partial charge >= 0.3 is 0 Å². The van der Waals surface area contributed by atoms with Gasteiger partial charge in [-0.15, -0.1) is 0 Å². The van der Waals surface area contributed by atoms with E-state index >= 15 is 0 Å². The summed E-state index contributed by atoms with van der Waals surface area (Å²) in [5.41, 5.74) is 4.74. The average Bonchev–Trinajstić information content (AvgIpc) is 2.76. The van der Waals surface area contributed by atoms with Gasteiger partial charge in [0.25, 0.3) is 0 Å². The Morgan fingerprint density at radius 1 is 1.10 bits per heavy atom. The van der Waals surface area contributed by atoms with E-state index in [0.29, 0.717) is 0 Å². The lowest BCUT2D eigenvalue weighted by atomic mass is 10.1. The van der Waals surface area contributed by atoms with E-state index in [-0.39, 0.29) is 0 Å². The SMILES string of the molecule is COc1ccc(Cc2nc3ccc(C)cc3n2C)cc1. The first-order valence-corrected chi connectivity index (χ1v) is 6.72. The molecular formula is C17H18N2O. The van der Waals surface area contributed by atoms with Gasteiger partial charge < -0.3 is 9.30 Å². The van der Waals surface area contributed by atoms with Gasteiger partial charge in [-0.25, -0.2) is 4.98 Å². The fourth-order valence-corrected chi connectivity index (χ4v) is 2.43. The number of rotatable bonds is 3. The third kappa shape index (κ3) is 2.27. The van der Waals surface area contributed by atoms with Gasteiger partial charge in [0.15, 0.2) is 0 Å². The van der Waals surface area contributed by atoms with Crippen molar-refractivity contribution in [3.8, 4) is 5.75 Å². The maximum absolute atomic E-state index is 5.18. The topological polar surface area (TPSA) is 27.1 Å². The van der Waals surface area contributed by atoms with Crippen molar-refractivity contribution in [2.75, 3.05) is 7.11 Å². The van der Waals surface area contributed by atoms with Crippen LogP contribution < -0.4 is 4.74 Å². The molecule has 0 spiro atoms. The molecular weight excluding hydrogens is 248 g/mol. The predicted molar refractivity (Wildman–Crippen MR) is 81.3 cm³/mol. The van der Waals surface area contributed by atoms with Gasteiger partial charge in [-0.2, -0.15) is 0 Å².